The summed E-state index contributed by atoms with van der Waals surface area (Å²) in [7, 11) is 0. The summed E-state index contributed by atoms with van der Waals surface area (Å²) in [6.07, 6.45) is 8.73. The largest absolute Gasteiger partial charge is 0.322 e. The Morgan fingerprint density at radius 2 is 1.63 bits per heavy atom. The van der Waals surface area contributed by atoms with E-state index in [0.29, 0.717) is 34.6 Å². The van der Waals surface area contributed by atoms with Gasteiger partial charge in [-0.25, -0.2) is 5.43 Å². The predicted octanol–water partition coefficient (Wildman–Crippen LogP) is 3.87. The van der Waals surface area contributed by atoms with Crippen LogP contribution in [-0.4, -0.2) is 18.0 Å². The van der Waals surface area contributed by atoms with E-state index >= 15 is 0 Å². The molecule has 0 heterocycles. The summed E-state index contributed by atoms with van der Waals surface area (Å²) in [6.45, 7) is 0. The van der Waals surface area contributed by atoms with Crippen LogP contribution < -0.4 is 10.7 Å². The second kappa shape index (κ2) is 7.58. The Labute approximate surface area is 158 Å². The summed E-state index contributed by atoms with van der Waals surface area (Å²) < 4.78 is 0. The van der Waals surface area contributed by atoms with E-state index in [1.807, 2.05) is 24.4 Å². The SMILES string of the molecule is O=C(N/N=C\[C@H]1C[C@H]2C=C[C@H]1C2)c1ccc(NC(=O)c2ccccc2)cc1. The smallest absolute Gasteiger partial charge is 0.271 e. The summed E-state index contributed by atoms with van der Waals surface area (Å²) in [6, 6.07) is 15.8. The predicted molar refractivity (Wildman–Crippen MR) is 106 cm³/mol. The van der Waals surface area contributed by atoms with Crippen LogP contribution in [0.2, 0.25) is 0 Å². The molecule has 0 radical (unpaired) electrons. The topological polar surface area (TPSA) is 70.6 Å². The molecule has 1 fully saturated rings. The molecule has 0 saturated heterocycles. The Balaban J connectivity index is 1.31. The van der Waals surface area contributed by atoms with Crippen molar-refractivity contribution in [2.75, 3.05) is 5.32 Å². The highest BCUT2D eigenvalue weighted by atomic mass is 16.2. The molecule has 3 atom stereocenters. The number of carbonyl (C=O) groups excluding carboxylic acids is 2. The van der Waals surface area contributed by atoms with E-state index in [4.69, 9.17) is 0 Å². The molecule has 0 unspecified atom stereocenters. The Morgan fingerprint density at radius 3 is 2.30 bits per heavy atom. The fourth-order valence-electron chi connectivity index (χ4n) is 3.75. The Hall–Kier alpha value is -3.21. The molecule has 136 valence electrons. The highest BCUT2D eigenvalue weighted by Crippen LogP contribution is 2.42. The lowest BCUT2D eigenvalue weighted by atomic mass is 9.95. The van der Waals surface area contributed by atoms with E-state index < -0.39 is 0 Å². The molecule has 1 saturated carbocycles. The average molecular weight is 359 g/mol. The molecule has 2 bridgehead atoms. The van der Waals surface area contributed by atoms with E-state index in [1.54, 1.807) is 36.4 Å². The molecule has 2 aliphatic rings. The number of nitrogens with zero attached hydrogens (tertiary/aromatic N) is 1. The number of benzene rings is 2. The van der Waals surface area contributed by atoms with Crippen LogP contribution in [0.15, 0.2) is 71.9 Å². The molecule has 2 aliphatic carbocycles. The highest BCUT2D eigenvalue weighted by Gasteiger charge is 2.34. The van der Waals surface area contributed by atoms with Gasteiger partial charge in [-0.15, -0.1) is 0 Å². The second-order valence-corrected chi connectivity index (χ2v) is 7.06. The number of hydrazone groups is 1. The van der Waals surface area contributed by atoms with Crippen molar-refractivity contribution in [2.24, 2.45) is 22.9 Å². The molecule has 2 amide bonds. The van der Waals surface area contributed by atoms with Gasteiger partial charge in [-0.2, -0.15) is 5.10 Å². The molecule has 5 heteroatoms. The number of allylic oxidation sites excluding steroid dienone is 2. The Bertz CT molecular complexity index is 888. The van der Waals surface area contributed by atoms with Crippen molar-refractivity contribution in [3.8, 4) is 0 Å². The van der Waals surface area contributed by atoms with Crippen molar-refractivity contribution in [1.29, 1.82) is 0 Å². The van der Waals surface area contributed by atoms with Crippen LogP contribution in [0, 0.1) is 17.8 Å². The molecule has 0 spiro atoms. The van der Waals surface area contributed by atoms with Crippen molar-refractivity contribution in [3.63, 3.8) is 0 Å². The van der Waals surface area contributed by atoms with Crippen LogP contribution in [0.5, 0.6) is 0 Å². The Morgan fingerprint density at radius 1 is 0.889 bits per heavy atom. The van der Waals surface area contributed by atoms with Crippen molar-refractivity contribution in [1.82, 2.24) is 5.43 Å². The summed E-state index contributed by atoms with van der Waals surface area (Å²) in [4.78, 5) is 24.3. The van der Waals surface area contributed by atoms with Gasteiger partial charge in [0, 0.05) is 28.9 Å². The maximum absolute atomic E-state index is 12.2. The van der Waals surface area contributed by atoms with Gasteiger partial charge in [0.2, 0.25) is 0 Å². The van der Waals surface area contributed by atoms with E-state index in [0.717, 1.165) is 6.42 Å². The maximum atomic E-state index is 12.2. The third kappa shape index (κ3) is 3.97. The number of hydrogen-bond acceptors (Lipinski definition) is 3. The third-order valence-corrected chi connectivity index (χ3v) is 5.20. The fourth-order valence-corrected chi connectivity index (χ4v) is 3.75. The van der Waals surface area contributed by atoms with Crippen LogP contribution in [0.25, 0.3) is 0 Å². The lowest BCUT2D eigenvalue weighted by Crippen LogP contribution is -2.19. The number of hydrogen-bond donors (Lipinski definition) is 2. The zero-order valence-corrected chi connectivity index (χ0v) is 14.8. The lowest BCUT2D eigenvalue weighted by molar-refractivity contribution is 0.0954. The van der Waals surface area contributed by atoms with Gasteiger partial charge in [0.25, 0.3) is 11.8 Å². The fraction of sp³-hybridized carbons (Fsp3) is 0.227. The van der Waals surface area contributed by atoms with E-state index in [2.05, 4.69) is 28.0 Å². The monoisotopic (exact) mass is 359 g/mol. The van der Waals surface area contributed by atoms with Crippen LogP contribution in [0.4, 0.5) is 5.69 Å². The minimum Gasteiger partial charge on any atom is -0.322 e. The number of amides is 2. The molecule has 27 heavy (non-hydrogen) atoms. The summed E-state index contributed by atoms with van der Waals surface area (Å²) in [5.41, 5.74) is 4.31. The molecule has 0 aliphatic heterocycles. The molecule has 0 aromatic heterocycles. The lowest BCUT2D eigenvalue weighted by Gasteiger charge is -2.12. The molecule has 5 nitrogen and oxygen atoms in total. The third-order valence-electron chi connectivity index (χ3n) is 5.20. The number of fused-ring (bicyclic) bond motifs is 2. The molecule has 2 aromatic carbocycles. The number of anilines is 1. The average Bonchev–Trinajstić information content (AvgIpc) is 3.32. The zero-order valence-electron chi connectivity index (χ0n) is 14.8. The standard InChI is InChI=1S/C22H21N3O2/c26-21(16-4-2-1-3-5-16)24-20-10-8-17(9-11-20)22(27)25-23-14-19-13-15-6-7-18(19)12-15/h1-11,14-15,18-19H,12-13H2,(H,24,26)(H,25,27)/b23-14-/t15-,18-,19+/m0/s1. The second-order valence-electron chi connectivity index (χ2n) is 7.06. The van der Waals surface area contributed by atoms with Crippen molar-refractivity contribution < 1.29 is 9.59 Å². The van der Waals surface area contributed by atoms with Gasteiger partial charge in [-0.3, -0.25) is 9.59 Å². The van der Waals surface area contributed by atoms with Crippen LogP contribution in [0.3, 0.4) is 0 Å². The first kappa shape index (κ1) is 17.2. The Kier molecular flexibility index (Phi) is 4.83. The van der Waals surface area contributed by atoms with Gasteiger partial charge in [-0.1, -0.05) is 30.4 Å². The molecular weight excluding hydrogens is 338 g/mol. The van der Waals surface area contributed by atoms with Gasteiger partial charge in [0.15, 0.2) is 0 Å². The molecule has 2 aromatic rings. The first-order valence-electron chi connectivity index (χ1n) is 9.17. The van der Waals surface area contributed by atoms with Crippen LogP contribution in [-0.2, 0) is 0 Å². The first-order chi connectivity index (χ1) is 13.2. The number of rotatable bonds is 5. The van der Waals surface area contributed by atoms with Crippen LogP contribution in [0.1, 0.15) is 33.6 Å². The van der Waals surface area contributed by atoms with Gasteiger partial charge in [-0.05, 0) is 61.1 Å². The minimum atomic E-state index is -0.258. The molecular formula is C22H21N3O2. The highest BCUT2D eigenvalue weighted by molar-refractivity contribution is 6.04. The van der Waals surface area contributed by atoms with Crippen LogP contribution >= 0.6 is 0 Å². The summed E-state index contributed by atoms with van der Waals surface area (Å²) in [5, 5.41) is 6.94. The van der Waals surface area contributed by atoms with Crippen molar-refractivity contribution >= 4 is 23.7 Å². The van der Waals surface area contributed by atoms with E-state index in [-0.39, 0.29) is 11.8 Å². The first-order valence-corrected chi connectivity index (χ1v) is 9.17. The quantitative estimate of drug-likeness (QED) is 0.483. The summed E-state index contributed by atoms with van der Waals surface area (Å²) in [5.74, 6) is 1.24. The van der Waals surface area contributed by atoms with Gasteiger partial charge in [0.1, 0.15) is 0 Å². The number of nitrogens with one attached hydrogen (secondary N) is 2. The molecule has 2 N–H and O–H groups in total. The normalized spacial score (nSPS) is 22.9. The zero-order chi connectivity index (χ0) is 18.6. The van der Waals surface area contributed by atoms with Gasteiger partial charge < -0.3 is 5.32 Å². The minimum absolute atomic E-state index is 0.183. The number of carbonyl (C=O) groups is 2. The van der Waals surface area contributed by atoms with Gasteiger partial charge in [0.05, 0.1) is 0 Å². The van der Waals surface area contributed by atoms with E-state index in [9.17, 15) is 9.59 Å². The van der Waals surface area contributed by atoms with Crippen molar-refractivity contribution in [2.45, 2.75) is 12.8 Å². The maximum Gasteiger partial charge on any atom is 0.271 e. The van der Waals surface area contributed by atoms with Crippen molar-refractivity contribution in [3.05, 3.63) is 77.9 Å². The van der Waals surface area contributed by atoms with Gasteiger partial charge >= 0.3 is 0 Å². The van der Waals surface area contributed by atoms with E-state index in [1.165, 1.54) is 6.42 Å². The summed E-state index contributed by atoms with van der Waals surface area (Å²) >= 11 is 0. The molecule has 4 rings (SSSR count).